The normalized spacial score (nSPS) is 22.5. The summed E-state index contributed by atoms with van der Waals surface area (Å²) in [6, 6.07) is 0. The lowest BCUT2D eigenvalue weighted by Gasteiger charge is -2.20. The van der Waals surface area contributed by atoms with E-state index in [2.05, 4.69) is 10.3 Å². The van der Waals surface area contributed by atoms with Gasteiger partial charge in [-0.3, -0.25) is 9.79 Å². The summed E-state index contributed by atoms with van der Waals surface area (Å²) in [5.74, 6) is 0.933. The molecule has 2 rings (SSSR count). The van der Waals surface area contributed by atoms with Gasteiger partial charge < -0.3 is 10.1 Å². The smallest absolute Gasteiger partial charge is 0.255 e. The molecule has 1 aliphatic carbocycles. The van der Waals surface area contributed by atoms with Crippen LogP contribution in [-0.4, -0.2) is 35.6 Å². The van der Waals surface area contributed by atoms with Gasteiger partial charge in [-0.05, 0) is 19.3 Å². The third-order valence-corrected chi connectivity index (χ3v) is 4.03. The van der Waals surface area contributed by atoms with E-state index in [4.69, 9.17) is 4.74 Å². The summed E-state index contributed by atoms with van der Waals surface area (Å²) in [5, 5.41) is 3.61. The quantitative estimate of drug-likeness (QED) is 0.836. The number of nitrogens with one attached hydrogen (secondary N) is 1. The Balaban J connectivity index is 1.81. The minimum absolute atomic E-state index is 0.0347. The second kappa shape index (κ2) is 6.40. The third kappa shape index (κ3) is 3.71. The lowest BCUT2D eigenvalue weighted by Crippen LogP contribution is -2.39. The zero-order valence-corrected chi connectivity index (χ0v) is 11.1. The Labute approximate surface area is 107 Å². The number of carbonyl (C=O) groups excluding carboxylic acids is 1. The van der Waals surface area contributed by atoms with Crippen molar-refractivity contribution in [2.75, 3.05) is 12.3 Å². The Morgan fingerprint density at radius 1 is 1.59 bits per heavy atom. The SMILES string of the molecule is CC[C@@H](OC1CCCC1)C(=O)NC1=NCCS1. The van der Waals surface area contributed by atoms with Crippen LogP contribution in [0.5, 0.6) is 0 Å². The van der Waals surface area contributed by atoms with Crippen molar-refractivity contribution in [2.45, 2.75) is 51.2 Å². The maximum Gasteiger partial charge on any atom is 0.255 e. The van der Waals surface area contributed by atoms with Gasteiger partial charge in [-0.2, -0.15) is 0 Å². The molecule has 1 atom stereocenters. The van der Waals surface area contributed by atoms with Crippen LogP contribution < -0.4 is 5.32 Å². The van der Waals surface area contributed by atoms with Gasteiger partial charge >= 0.3 is 0 Å². The first kappa shape index (κ1) is 12.9. The van der Waals surface area contributed by atoms with E-state index >= 15 is 0 Å². The van der Waals surface area contributed by atoms with Crippen LogP contribution >= 0.6 is 11.8 Å². The van der Waals surface area contributed by atoms with Crippen LogP contribution in [0.2, 0.25) is 0 Å². The largest absolute Gasteiger partial charge is 0.365 e. The molecule has 1 aliphatic heterocycles. The minimum atomic E-state index is -0.318. The fraction of sp³-hybridized carbons (Fsp3) is 0.833. The Kier molecular flexibility index (Phi) is 4.86. The number of rotatable bonds is 4. The molecule has 2 aliphatic rings. The molecule has 1 N–H and O–H groups in total. The molecule has 17 heavy (non-hydrogen) atoms. The highest BCUT2D eigenvalue weighted by molar-refractivity contribution is 8.14. The monoisotopic (exact) mass is 256 g/mol. The summed E-state index contributed by atoms with van der Waals surface area (Å²) in [5.41, 5.74) is 0. The van der Waals surface area contributed by atoms with Crippen LogP contribution in [-0.2, 0) is 9.53 Å². The molecular formula is C12H20N2O2S. The van der Waals surface area contributed by atoms with Crippen LogP contribution in [0.1, 0.15) is 39.0 Å². The molecule has 1 fully saturated rings. The number of ether oxygens (including phenoxy) is 1. The van der Waals surface area contributed by atoms with Crippen molar-refractivity contribution in [2.24, 2.45) is 4.99 Å². The number of thioether (sulfide) groups is 1. The van der Waals surface area contributed by atoms with Gasteiger partial charge in [-0.25, -0.2) is 0 Å². The Morgan fingerprint density at radius 2 is 2.35 bits per heavy atom. The first-order valence-corrected chi connectivity index (χ1v) is 7.41. The predicted molar refractivity (Wildman–Crippen MR) is 70.3 cm³/mol. The van der Waals surface area contributed by atoms with Gasteiger partial charge in [0.05, 0.1) is 12.6 Å². The number of nitrogens with zero attached hydrogens (tertiary/aromatic N) is 1. The molecule has 1 amide bonds. The van der Waals surface area contributed by atoms with Crippen molar-refractivity contribution in [3.05, 3.63) is 0 Å². The van der Waals surface area contributed by atoms with Crippen LogP contribution in [0.3, 0.4) is 0 Å². The molecular weight excluding hydrogens is 236 g/mol. The second-order valence-corrected chi connectivity index (χ2v) is 5.55. The van der Waals surface area contributed by atoms with Gasteiger partial charge in [0.25, 0.3) is 5.91 Å². The first-order chi connectivity index (χ1) is 8.29. The number of hydrogen-bond donors (Lipinski definition) is 1. The lowest BCUT2D eigenvalue weighted by molar-refractivity contribution is -0.135. The van der Waals surface area contributed by atoms with Crippen molar-refractivity contribution >= 4 is 22.8 Å². The lowest BCUT2D eigenvalue weighted by atomic mass is 10.2. The van der Waals surface area contributed by atoms with E-state index < -0.39 is 0 Å². The average molecular weight is 256 g/mol. The number of amides is 1. The molecule has 5 heteroatoms. The van der Waals surface area contributed by atoms with E-state index in [-0.39, 0.29) is 18.1 Å². The second-order valence-electron chi connectivity index (χ2n) is 4.46. The van der Waals surface area contributed by atoms with Gasteiger partial charge in [0.2, 0.25) is 0 Å². The highest BCUT2D eigenvalue weighted by atomic mass is 32.2. The highest BCUT2D eigenvalue weighted by Crippen LogP contribution is 2.23. The standard InChI is InChI=1S/C12H20N2O2S/c1-2-10(16-9-5-3-4-6-9)11(15)14-12-13-7-8-17-12/h9-10H,2-8H2,1H3,(H,13,14,15)/t10-/m1/s1. The average Bonchev–Trinajstić information content (AvgIpc) is 2.97. The molecule has 0 radical (unpaired) electrons. The zero-order valence-electron chi connectivity index (χ0n) is 10.3. The molecule has 96 valence electrons. The van der Waals surface area contributed by atoms with E-state index in [0.717, 1.165) is 36.7 Å². The van der Waals surface area contributed by atoms with Crippen molar-refractivity contribution < 1.29 is 9.53 Å². The Bertz CT molecular complexity index is 301. The van der Waals surface area contributed by atoms with Gasteiger partial charge in [0.15, 0.2) is 5.17 Å². The Hall–Kier alpha value is -0.550. The molecule has 0 spiro atoms. The van der Waals surface area contributed by atoms with E-state index in [9.17, 15) is 4.79 Å². The van der Waals surface area contributed by atoms with E-state index in [1.54, 1.807) is 11.8 Å². The van der Waals surface area contributed by atoms with Crippen molar-refractivity contribution in [1.29, 1.82) is 0 Å². The van der Waals surface area contributed by atoms with Crippen LogP contribution in [0, 0.1) is 0 Å². The molecule has 0 aromatic heterocycles. The summed E-state index contributed by atoms with van der Waals surface area (Å²) in [4.78, 5) is 16.2. The number of aliphatic imine (C=N–C) groups is 1. The maximum absolute atomic E-state index is 12.0. The molecule has 0 bridgehead atoms. The number of hydrogen-bond acceptors (Lipinski definition) is 4. The van der Waals surface area contributed by atoms with Gasteiger partial charge in [-0.1, -0.05) is 31.5 Å². The van der Waals surface area contributed by atoms with Crippen molar-refractivity contribution in [3.8, 4) is 0 Å². The van der Waals surface area contributed by atoms with Crippen LogP contribution in [0.25, 0.3) is 0 Å². The molecule has 1 heterocycles. The van der Waals surface area contributed by atoms with Crippen molar-refractivity contribution in [3.63, 3.8) is 0 Å². The molecule has 0 unspecified atom stereocenters. The molecule has 1 saturated carbocycles. The third-order valence-electron chi connectivity index (χ3n) is 3.14. The van der Waals surface area contributed by atoms with E-state index in [1.807, 2.05) is 6.92 Å². The van der Waals surface area contributed by atoms with Gasteiger partial charge in [-0.15, -0.1) is 0 Å². The summed E-state index contributed by atoms with van der Waals surface area (Å²) >= 11 is 1.60. The zero-order chi connectivity index (χ0) is 12.1. The Morgan fingerprint density at radius 3 is 2.94 bits per heavy atom. The van der Waals surface area contributed by atoms with E-state index in [0.29, 0.717) is 0 Å². The van der Waals surface area contributed by atoms with Gasteiger partial charge in [0, 0.05) is 5.75 Å². The highest BCUT2D eigenvalue weighted by Gasteiger charge is 2.25. The summed E-state index contributed by atoms with van der Waals surface area (Å²) in [7, 11) is 0. The minimum Gasteiger partial charge on any atom is -0.365 e. The van der Waals surface area contributed by atoms with Gasteiger partial charge in [0.1, 0.15) is 6.10 Å². The summed E-state index contributed by atoms with van der Waals surface area (Å²) < 4.78 is 5.86. The van der Waals surface area contributed by atoms with E-state index in [1.165, 1.54) is 12.8 Å². The number of amidine groups is 1. The topological polar surface area (TPSA) is 50.7 Å². The molecule has 0 saturated heterocycles. The van der Waals surface area contributed by atoms with Crippen molar-refractivity contribution in [1.82, 2.24) is 5.32 Å². The number of carbonyl (C=O) groups is 1. The summed E-state index contributed by atoms with van der Waals surface area (Å²) in [6.45, 7) is 2.79. The van der Waals surface area contributed by atoms with Crippen LogP contribution in [0.4, 0.5) is 0 Å². The molecule has 4 nitrogen and oxygen atoms in total. The fourth-order valence-electron chi connectivity index (χ4n) is 2.20. The fourth-order valence-corrected chi connectivity index (χ4v) is 2.93. The maximum atomic E-state index is 12.0. The van der Waals surface area contributed by atoms with Crippen LogP contribution in [0.15, 0.2) is 4.99 Å². The first-order valence-electron chi connectivity index (χ1n) is 6.43. The predicted octanol–water partition coefficient (Wildman–Crippen LogP) is 1.94. The molecule has 0 aromatic rings. The molecule has 0 aromatic carbocycles. The summed E-state index contributed by atoms with van der Waals surface area (Å²) in [6.07, 6.45) is 5.33.